The van der Waals surface area contributed by atoms with Crippen LogP contribution in [0.4, 0.5) is 5.69 Å². The highest BCUT2D eigenvalue weighted by molar-refractivity contribution is 7.99. The number of H-pyrrole nitrogens is 1. The van der Waals surface area contributed by atoms with Gasteiger partial charge in [-0.25, -0.2) is 4.98 Å². The summed E-state index contributed by atoms with van der Waals surface area (Å²) in [5, 5.41) is 3.54. The van der Waals surface area contributed by atoms with Crippen LogP contribution in [0, 0.1) is 0 Å². The summed E-state index contributed by atoms with van der Waals surface area (Å²) in [5.74, 6) is 1.86. The molecule has 4 aromatic rings. The number of nitrogens with one attached hydrogen (secondary N) is 2. The Labute approximate surface area is 159 Å². The van der Waals surface area contributed by atoms with E-state index in [9.17, 15) is 4.79 Å². The lowest BCUT2D eigenvalue weighted by Crippen LogP contribution is -2.12. The minimum absolute atomic E-state index is 0.0576. The van der Waals surface area contributed by atoms with Crippen molar-refractivity contribution in [3.8, 4) is 22.9 Å². The van der Waals surface area contributed by atoms with Crippen LogP contribution >= 0.6 is 11.8 Å². The highest BCUT2D eigenvalue weighted by Crippen LogP contribution is 2.33. The molecule has 7 nitrogen and oxygen atoms in total. The van der Waals surface area contributed by atoms with Gasteiger partial charge in [-0.05, 0) is 36.4 Å². The molecule has 2 N–H and O–H groups in total. The van der Waals surface area contributed by atoms with Gasteiger partial charge < -0.3 is 19.1 Å². The van der Waals surface area contributed by atoms with Gasteiger partial charge in [0.15, 0.2) is 16.7 Å². The smallest absolute Gasteiger partial charge is 0.225 e. The maximum atomic E-state index is 12.0. The lowest BCUT2D eigenvalue weighted by molar-refractivity contribution is -0.115. The molecule has 0 spiro atoms. The normalized spacial score (nSPS) is 10.8. The Kier molecular flexibility index (Phi) is 5.06. The molecule has 1 amide bonds. The van der Waals surface area contributed by atoms with Crippen LogP contribution in [-0.2, 0) is 4.79 Å². The summed E-state index contributed by atoms with van der Waals surface area (Å²) in [4.78, 5) is 23.8. The Balaban J connectivity index is 1.42. The first-order valence-electron chi connectivity index (χ1n) is 8.30. The van der Waals surface area contributed by atoms with E-state index < -0.39 is 0 Å². The van der Waals surface area contributed by atoms with Crippen LogP contribution in [-0.4, -0.2) is 26.6 Å². The van der Waals surface area contributed by atoms with Crippen LogP contribution in [0.5, 0.6) is 0 Å². The number of hydrogen-bond acceptors (Lipinski definition) is 6. The molecule has 0 aliphatic rings. The average Bonchev–Trinajstić information content (AvgIpc) is 3.43. The van der Waals surface area contributed by atoms with Crippen molar-refractivity contribution < 1.29 is 13.6 Å². The zero-order valence-corrected chi connectivity index (χ0v) is 15.0. The Morgan fingerprint density at radius 3 is 2.52 bits per heavy atom. The molecule has 0 bridgehead atoms. The van der Waals surface area contributed by atoms with Gasteiger partial charge in [0, 0.05) is 30.3 Å². The summed E-state index contributed by atoms with van der Waals surface area (Å²) in [7, 11) is 0. The van der Waals surface area contributed by atoms with Crippen LogP contribution in [0.15, 0.2) is 75.3 Å². The second kappa shape index (κ2) is 7.96. The van der Waals surface area contributed by atoms with E-state index in [0.717, 1.165) is 11.4 Å². The number of amides is 1. The first kappa shape index (κ1) is 17.2. The summed E-state index contributed by atoms with van der Waals surface area (Å²) in [6.07, 6.45) is 6.85. The van der Waals surface area contributed by atoms with E-state index in [2.05, 4.69) is 20.3 Å². The van der Waals surface area contributed by atoms with Gasteiger partial charge in [-0.2, -0.15) is 0 Å². The molecule has 8 heteroatoms. The summed E-state index contributed by atoms with van der Waals surface area (Å²) in [6.45, 7) is 0. The monoisotopic (exact) mass is 380 g/mol. The predicted octanol–water partition coefficient (Wildman–Crippen LogP) is 4.45. The first-order chi connectivity index (χ1) is 13.3. The number of pyridine rings is 1. The SMILES string of the molecule is O=C(CCSc1nc(-c2ccco2)c(-c2ccco2)[nH]1)Nc1ccncc1. The minimum atomic E-state index is -0.0576. The fourth-order valence-corrected chi connectivity index (χ4v) is 3.32. The maximum absolute atomic E-state index is 12.0. The number of carbonyl (C=O) groups excluding carboxylic acids is 1. The molecule has 0 unspecified atom stereocenters. The minimum Gasteiger partial charge on any atom is -0.463 e. The van der Waals surface area contributed by atoms with Crippen molar-refractivity contribution >= 4 is 23.4 Å². The van der Waals surface area contributed by atoms with Crippen molar-refractivity contribution in [2.45, 2.75) is 11.6 Å². The van der Waals surface area contributed by atoms with Crippen molar-refractivity contribution in [3.05, 3.63) is 61.3 Å². The van der Waals surface area contributed by atoms with E-state index in [0.29, 0.717) is 34.5 Å². The molecule has 0 saturated heterocycles. The Morgan fingerprint density at radius 1 is 1.07 bits per heavy atom. The van der Waals surface area contributed by atoms with Crippen molar-refractivity contribution in [2.75, 3.05) is 11.1 Å². The van der Waals surface area contributed by atoms with Crippen molar-refractivity contribution in [3.63, 3.8) is 0 Å². The highest BCUT2D eigenvalue weighted by atomic mass is 32.2. The fraction of sp³-hybridized carbons (Fsp3) is 0.105. The topological polar surface area (TPSA) is 97.0 Å². The molecule has 4 aromatic heterocycles. The van der Waals surface area contributed by atoms with Gasteiger partial charge in [-0.3, -0.25) is 9.78 Å². The molecule has 4 rings (SSSR count). The van der Waals surface area contributed by atoms with Crippen molar-refractivity contribution in [2.24, 2.45) is 0 Å². The molecule has 0 fully saturated rings. The molecular formula is C19H16N4O3S. The summed E-state index contributed by atoms with van der Waals surface area (Å²) < 4.78 is 11.0. The number of aromatic amines is 1. The van der Waals surface area contributed by atoms with Crippen molar-refractivity contribution in [1.29, 1.82) is 0 Å². The number of carbonyl (C=O) groups is 1. The van der Waals surface area contributed by atoms with Crippen LogP contribution in [0.25, 0.3) is 22.9 Å². The van der Waals surface area contributed by atoms with Crippen LogP contribution < -0.4 is 5.32 Å². The molecule has 4 heterocycles. The largest absolute Gasteiger partial charge is 0.463 e. The second-order valence-electron chi connectivity index (χ2n) is 5.60. The number of thioether (sulfide) groups is 1. The van der Waals surface area contributed by atoms with Crippen molar-refractivity contribution in [1.82, 2.24) is 15.0 Å². The summed E-state index contributed by atoms with van der Waals surface area (Å²) in [5.41, 5.74) is 2.16. The lowest BCUT2D eigenvalue weighted by atomic mass is 10.2. The Hall–Kier alpha value is -3.26. The van der Waals surface area contributed by atoms with E-state index >= 15 is 0 Å². The quantitative estimate of drug-likeness (QED) is 0.460. The molecule has 0 radical (unpaired) electrons. The lowest BCUT2D eigenvalue weighted by Gasteiger charge is -2.03. The highest BCUT2D eigenvalue weighted by Gasteiger charge is 2.18. The fourth-order valence-electron chi connectivity index (χ4n) is 2.51. The number of furan rings is 2. The van der Waals surface area contributed by atoms with Gasteiger partial charge in [0.25, 0.3) is 0 Å². The van der Waals surface area contributed by atoms with E-state index in [1.54, 1.807) is 37.1 Å². The third kappa shape index (κ3) is 4.12. The van der Waals surface area contributed by atoms with Gasteiger partial charge in [-0.15, -0.1) is 0 Å². The van der Waals surface area contributed by atoms with Gasteiger partial charge in [0.2, 0.25) is 5.91 Å². The van der Waals surface area contributed by atoms with Gasteiger partial charge in [0.05, 0.1) is 12.5 Å². The zero-order valence-electron chi connectivity index (χ0n) is 14.2. The number of anilines is 1. The molecule has 0 saturated carbocycles. The molecular weight excluding hydrogens is 364 g/mol. The second-order valence-corrected chi connectivity index (χ2v) is 6.69. The molecule has 27 heavy (non-hydrogen) atoms. The molecule has 0 aliphatic carbocycles. The predicted molar refractivity (Wildman–Crippen MR) is 102 cm³/mol. The summed E-state index contributed by atoms with van der Waals surface area (Å²) >= 11 is 1.47. The van der Waals surface area contributed by atoms with Crippen LogP contribution in [0.1, 0.15) is 6.42 Å². The standard InChI is InChI=1S/C19H16N4O3S/c24-16(21-13-5-8-20-9-6-13)7-12-27-19-22-17(14-3-1-10-25-14)18(23-19)15-4-2-11-26-15/h1-6,8-11H,7,12H2,(H,22,23)(H,20,21,24). The Morgan fingerprint density at radius 2 is 1.81 bits per heavy atom. The zero-order chi connectivity index (χ0) is 18.5. The number of imidazole rings is 1. The molecule has 136 valence electrons. The number of rotatable bonds is 7. The van der Waals surface area contributed by atoms with E-state index in [1.165, 1.54) is 11.8 Å². The maximum Gasteiger partial charge on any atom is 0.225 e. The van der Waals surface area contributed by atoms with Crippen LogP contribution in [0.3, 0.4) is 0 Å². The molecule has 0 atom stereocenters. The third-order valence-corrected chi connectivity index (χ3v) is 4.61. The van der Waals surface area contributed by atoms with Gasteiger partial charge in [0.1, 0.15) is 11.4 Å². The van der Waals surface area contributed by atoms with E-state index in [-0.39, 0.29) is 5.91 Å². The summed E-state index contributed by atoms with van der Waals surface area (Å²) in [6, 6.07) is 10.8. The van der Waals surface area contributed by atoms with E-state index in [4.69, 9.17) is 8.83 Å². The van der Waals surface area contributed by atoms with Crippen LogP contribution in [0.2, 0.25) is 0 Å². The van der Waals surface area contributed by atoms with E-state index in [1.807, 2.05) is 24.3 Å². The number of hydrogen-bond donors (Lipinski definition) is 2. The van der Waals surface area contributed by atoms with Gasteiger partial charge in [-0.1, -0.05) is 11.8 Å². The third-order valence-electron chi connectivity index (χ3n) is 3.74. The number of aromatic nitrogens is 3. The average molecular weight is 380 g/mol. The Bertz CT molecular complexity index is 943. The van der Waals surface area contributed by atoms with Gasteiger partial charge >= 0.3 is 0 Å². The first-order valence-corrected chi connectivity index (χ1v) is 9.28. The number of nitrogens with zero attached hydrogens (tertiary/aromatic N) is 2. The molecule has 0 aliphatic heterocycles. The molecule has 0 aromatic carbocycles.